The third-order valence-electron chi connectivity index (χ3n) is 6.12. The normalized spacial score (nSPS) is 29.8. The highest BCUT2D eigenvalue weighted by molar-refractivity contribution is 5.85. The zero-order chi connectivity index (χ0) is 16.0. The molecule has 0 bridgehead atoms. The minimum Gasteiger partial charge on any atom is -0.497 e. The van der Waals surface area contributed by atoms with Gasteiger partial charge in [0, 0.05) is 37.5 Å². The summed E-state index contributed by atoms with van der Waals surface area (Å²) in [5.74, 6) is 2.83. The van der Waals surface area contributed by atoms with Crippen molar-refractivity contribution in [2.45, 2.75) is 25.3 Å². The van der Waals surface area contributed by atoms with Gasteiger partial charge >= 0.3 is 0 Å². The second-order valence-corrected chi connectivity index (χ2v) is 7.45. The molecule has 1 amide bonds. The largest absolute Gasteiger partial charge is 0.497 e. The Morgan fingerprint density at radius 1 is 1.12 bits per heavy atom. The van der Waals surface area contributed by atoms with Crippen LogP contribution in [0.3, 0.4) is 0 Å². The molecule has 3 atom stereocenters. The lowest BCUT2D eigenvalue weighted by Gasteiger charge is -2.31. The van der Waals surface area contributed by atoms with Gasteiger partial charge in [-0.25, -0.2) is 0 Å². The van der Waals surface area contributed by atoms with Crippen LogP contribution in [0.5, 0.6) is 5.75 Å². The molecule has 0 spiro atoms. The van der Waals surface area contributed by atoms with Gasteiger partial charge in [0.05, 0.1) is 7.11 Å². The molecule has 0 aromatic heterocycles. The van der Waals surface area contributed by atoms with Gasteiger partial charge in [-0.1, -0.05) is 18.6 Å². The van der Waals surface area contributed by atoms with Crippen molar-refractivity contribution in [2.24, 2.45) is 17.8 Å². The summed E-state index contributed by atoms with van der Waals surface area (Å²) in [7, 11) is 3.92. The molecule has 0 N–H and O–H groups in total. The van der Waals surface area contributed by atoms with Gasteiger partial charge in [-0.3, -0.25) is 9.69 Å². The van der Waals surface area contributed by atoms with Gasteiger partial charge < -0.3 is 9.64 Å². The van der Waals surface area contributed by atoms with Crippen LogP contribution < -0.4 is 4.74 Å². The van der Waals surface area contributed by atoms with E-state index in [2.05, 4.69) is 29.0 Å². The fourth-order valence-electron chi connectivity index (χ4n) is 4.65. The van der Waals surface area contributed by atoms with Crippen LogP contribution in [0.2, 0.25) is 0 Å². The number of carbonyl (C=O) groups is 1. The second-order valence-electron chi connectivity index (χ2n) is 7.45. The Hall–Kier alpha value is -1.26. The molecule has 3 fully saturated rings. The van der Waals surface area contributed by atoms with E-state index in [1.165, 1.54) is 12.0 Å². The Labute approximate surface area is 150 Å². The van der Waals surface area contributed by atoms with Crippen molar-refractivity contribution in [2.75, 3.05) is 33.8 Å². The van der Waals surface area contributed by atoms with Gasteiger partial charge in [0.1, 0.15) is 5.75 Å². The highest BCUT2D eigenvalue weighted by atomic mass is 35.5. The van der Waals surface area contributed by atoms with E-state index in [1.54, 1.807) is 7.11 Å². The van der Waals surface area contributed by atoms with Crippen LogP contribution in [0.25, 0.3) is 0 Å². The minimum atomic E-state index is 0. The Morgan fingerprint density at radius 2 is 1.83 bits per heavy atom. The quantitative estimate of drug-likeness (QED) is 0.840. The molecule has 2 heterocycles. The van der Waals surface area contributed by atoms with Crippen LogP contribution in [0.15, 0.2) is 24.3 Å². The molecule has 0 radical (unpaired) electrons. The first-order valence-electron chi connectivity index (χ1n) is 8.80. The molecule has 4 nitrogen and oxygen atoms in total. The Bertz CT molecular complexity index is 588. The zero-order valence-electron chi connectivity index (χ0n) is 14.5. The Kier molecular flexibility index (Phi) is 5.07. The number of amides is 1. The predicted molar refractivity (Wildman–Crippen MR) is 96.5 cm³/mol. The monoisotopic (exact) mass is 350 g/mol. The smallest absolute Gasteiger partial charge is 0.225 e. The van der Waals surface area contributed by atoms with E-state index in [9.17, 15) is 4.79 Å². The molecule has 24 heavy (non-hydrogen) atoms. The van der Waals surface area contributed by atoms with E-state index in [-0.39, 0.29) is 12.4 Å². The number of halogens is 1. The van der Waals surface area contributed by atoms with Crippen LogP contribution in [0.1, 0.15) is 30.9 Å². The lowest BCUT2D eigenvalue weighted by molar-refractivity contribution is -0.137. The molecule has 5 heteroatoms. The lowest BCUT2D eigenvalue weighted by Crippen LogP contribution is -2.39. The summed E-state index contributed by atoms with van der Waals surface area (Å²) in [5, 5.41) is 0. The average Bonchev–Trinajstić information content (AvgIpc) is 3.02. The maximum absolute atomic E-state index is 12.6. The number of fused-ring (bicyclic) bond motifs is 1. The fourth-order valence-corrected chi connectivity index (χ4v) is 4.65. The molecule has 4 rings (SSSR count). The highest BCUT2D eigenvalue weighted by Gasteiger charge is 2.48. The van der Waals surface area contributed by atoms with E-state index in [4.69, 9.17) is 4.74 Å². The maximum Gasteiger partial charge on any atom is 0.225 e. The van der Waals surface area contributed by atoms with Gasteiger partial charge in [0.25, 0.3) is 0 Å². The van der Waals surface area contributed by atoms with E-state index < -0.39 is 0 Å². The molecule has 1 aromatic rings. The summed E-state index contributed by atoms with van der Waals surface area (Å²) in [6.07, 6.45) is 3.44. The van der Waals surface area contributed by atoms with Gasteiger partial charge in [-0.15, -0.1) is 12.4 Å². The first-order chi connectivity index (χ1) is 11.2. The summed E-state index contributed by atoms with van der Waals surface area (Å²) < 4.78 is 5.27. The summed E-state index contributed by atoms with van der Waals surface area (Å²) in [6, 6.07) is 8.87. The van der Waals surface area contributed by atoms with Gasteiger partial charge in [-0.05, 0) is 43.5 Å². The number of rotatable bonds is 3. The van der Waals surface area contributed by atoms with Crippen molar-refractivity contribution in [3.8, 4) is 5.75 Å². The van der Waals surface area contributed by atoms with Gasteiger partial charge in [0.2, 0.25) is 5.91 Å². The van der Waals surface area contributed by atoms with Crippen LogP contribution in [0.4, 0.5) is 0 Å². The summed E-state index contributed by atoms with van der Waals surface area (Å²) >= 11 is 0. The molecular formula is C19H27ClN2O2. The molecule has 132 valence electrons. The van der Waals surface area contributed by atoms with E-state index in [1.807, 2.05) is 12.1 Å². The van der Waals surface area contributed by atoms with Crippen molar-refractivity contribution >= 4 is 18.3 Å². The van der Waals surface area contributed by atoms with Gasteiger partial charge in [0.15, 0.2) is 0 Å². The maximum atomic E-state index is 12.6. The van der Waals surface area contributed by atoms with Crippen molar-refractivity contribution in [1.82, 2.24) is 9.80 Å². The second kappa shape index (κ2) is 6.93. The first-order valence-corrected chi connectivity index (χ1v) is 8.80. The standard InChI is InChI=1S/C19H26N2O2.ClH/c1-20-10-15-11-21(19(22)14-4-3-5-14)12-17(15)18(20)13-6-8-16(23-2)9-7-13;/h6-9,14-15,17-18H,3-5,10-12H2,1-2H3;1H/t15-,17+,18+;/m0./s1. The molecule has 1 saturated carbocycles. The van der Waals surface area contributed by atoms with E-state index in [0.717, 1.165) is 38.2 Å². The number of benzene rings is 1. The number of likely N-dealkylation sites (tertiary alicyclic amines) is 2. The van der Waals surface area contributed by atoms with Crippen molar-refractivity contribution in [1.29, 1.82) is 0 Å². The molecule has 2 saturated heterocycles. The number of ether oxygens (including phenoxy) is 1. The third kappa shape index (κ3) is 2.91. The Balaban J connectivity index is 0.00000169. The van der Waals surface area contributed by atoms with E-state index in [0.29, 0.717) is 29.7 Å². The summed E-state index contributed by atoms with van der Waals surface area (Å²) in [6.45, 7) is 2.98. The van der Waals surface area contributed by atoms with Crippen molar-refractivity contribution in [3.63, 3.8) is 0 Å². The van der Waals surface area contributed by atoms with Crippen LogP contribution in [-0.2, 0) is 4.79 Å². The summed E-state index contributed by atoms with van der Waals surface area (Å²) in [5.41, 5.74) is 1.35. The molecular weight excluding hydrogens is 324 g/mol. The average molecular weight is 351 g/mol. The van der Waals surface area contributed by atoms with Crippen LogP contribution in [0, 0.1) is 17.8 Å². The SMILES string of the molecule is COc1ccc([C@@H]2[C@@H]3CN(C(=O)C4CCC4)C[C@@H]3CN2C)cc1.Cl. The van der Waals surface area contributed by atoms with Crippen LogP contribution >= 0.6 is 12.4 Å². The molecule has 1 aliphatic carbocycles. The fraction of sp³-hybridized carbons (Fsp3) is 0.632. The molecule has 2 aliphatic heterocycles. The predicted octanol–water partition coefficient (Wildman–Crippen LogP) is 2.98. The van der Waals surface area contributed by atoms with E-state index >= 15 is 0 Å². The van der Waals surface area contributed by atoms with Crippen molar-refractivity contribution in [3.05, 3.63) is 29.8 Å². The molecule has 0 unspecified atom stereocenters. The molecule has 1 aromatic carbocycles. The highest BCUT2D eigenvalue weighted by Crippen LogP contribution is 2.45. The minimum absolute atomic E-state index is 0. The lowest BCUT2D eigenvalue weighted by atomic mass is 9.84. The van der Waals surface area contributed by atoms with Crippen molar-refractivity contribution < 1.29 is 9.53 Å². The summed E-state index contributed by atoms with van der Waals surface area (Å²) in [4.78, 5) is 17.2. The third-order valence-corrected chi connectivity index (χ3v) is 6.12. The number of hydrogen-bond acceptors (Lipinski definition) is 3. The zero-order valence-corrected chi connectivity index (χ0v) is 15.3. The molecule has 3 aliphatic rings. The number of hydrogen-bond donors (Lipinski definition) is 0. The topological polar surface area (TPSA) is 32.8 Å². The number of nitrogens with zero attached hydrogens (tertiary/aromatic N) is 2. The number of methoxy groups -OCH3 is 1. The number of carbonyl (C=O) groups excluding carboxylic acids is 1. The Morgan fingerprint density at radius 3 is 2.42 bits per heavy atom. The first kappa shape index (κ1) is 17.6. The van der Waals surface area contributed by atoms with Crippen LogP contribution in [-0.4, -0.2) is 49.5 Å². The van der Waals surface area contributed by atoms with Gasteiger partial charge in [-0.2, -0.15) is 0 Å².